The molecule has 1 saturated heterocycles. The first kappa shape index (κ1) is 26.0. The molecule has 9 nitrogen and oxygen atoms in total. The van der Waals surface area contributed by atoms with Gasteiger partial charge in [0.2, 0.25) is 12.6 Å². The number of carbonyl (C=O) groups is 1. The van der Waals surface area contributed by atoms with Gasteiger partial charge in [0.1, 0.15) is 23.0 Å². The molecule has 9 heteroatoms. The maximum Gasteiger partial charge on any atom is 0.232 e. The van der Waals surface area contributed by atoms with Gasteiger partial charge in [-0.2, -0.15) is 0 Å². The molecule has 0 radical (unpaired) electrons. The van der Waals surface area contributed by atoms with Crippen molar-refractivity contribution in [2.24, 2.45) is 0 Å². The fraction of sp³-hybridized carbons (Fsp3) is 0.323. The summed E-state index contributed by atoms with van der Waals surface area (Å²) in [7, 11) is 3.16. The minimum atomic E-state index is -0.216. The van der Waals surface area contributed by atoms with Crippen molar-refractivity contribution >= 4 is 11.9 Å². The van der Waals surface area contributed by atoms with Gasteiger partial charge in [-0.15, -0.1) is 0 Å². The van der Waals surface area contributed by atoms with Crippen LogP contribution in [0.3, 0.4) is 0 Å². The lowest BCUT2D eigenvalue weighted by Crippen LogP contribution is -2.45. The number of ketones is 1. The molecule has 3 aromatic rings. The summed E-state index contributed by atoms with van der Waals surface area (Å²) < 4.78 is 27.9. The van der Waals surface area contributed by atoms with Gasteiger partial charge in [0.25, 0.3) is 0 Å². The number of aryl methyl sites for hydroxylation is 1. The maximum atomic E-state index is 13.4. The van der Waals surface area contributed by atoms with Crippen LogP contribution in [0.15, 0.2) is 48.2 Å². The van der Waals surface area contributed by atoms with E-state index >= 15 is 0 Å². The van der Waals surface area contributed by atoms with E-state index in [9.17, 15) is 9.90 Å². The molecule has 3 aliphatic rings. The zero-order valence-corrected chi connectivity index (χ0v) is 22.9. The Morgan fingerprint density at radius 1 is 0.925 bits per heavy atom. The Hall–Kier alpha value is -4.21. The molecule has 40 heavy (non-hydrogen) atoms. The number of methoxy groups -OCH3 is 2. The van der Waals surface area contributed by atoms with E-state index in [1.807, 2.05) is 19.1 Å². The number of carbonyl (C=O) groups excluding carboxylic acids is 1. The molecule has 0 saturated carbocycles. The van der Waals surface area contributed by atoms with Crippen molar-refractivity contribution in [1.29, 1.82) is 0 Å². The van der Waals surface area contributed by atoms with Gasteiger partial charge < -0.3 is 28.8 Å². The van der Waals surface area contributed by atoms with E-state index < -0.39 is 0 Å². The van der Waals surface area contributed by atoms with Crippen molar-refractivity contribution in [2.75, 3.05) is 47.2 Å². The summed E-state index contributed by atoms with van der Waals surface area (Å²) in [5, 5.41) is 10.9. The SMILES string of the molecule is COc1ccc(OC)c(/C=C2\Oc3c(CN4CCN(Cc5ccc6c(c5)OCO6)CC4)c(O)cc(C)c3C2=O)c1. The van der Waals surface area contributed by atoms with Crippen LogP contribution >= 0.6 is 0 Å². The predicted octanol–water partition coefficient (Wildman–Crippen LogP) is 4.38. The van der Waals surface area contributed by atoms with Crippen molar-refractivity contribution in [1.82, 2.24) is 9.80 Å². The summed E-state index contributed by atoms with van der Waals surface area (Å²) in [5.74, 6) is 3.36. The molecule has 3 aliphatic heterocycles. The van der Waals surface area contributed by atoms with Crippen LogP contribution in [0, 0.1) is 6.92 Å². The maximum absolute atomic E-state index is 13.4. The number of benzene rings is 3. The van der Waals surface area contributed by atoms with Gasteiger partial charge in [0, 0.05) is 44.8 Å². The number of fused-ring (bicyclic) bond motifs is 2. The van der Waals surface area contributed by atoms with Crippen molar-refractivity contribution in [3.05, 3.63) is 76.0 Å². The average molecular weight is 545 g/mol. The van der Waals surface area contributed by atoms with E-state index in [0.717, 1.165) is 44.2 Å². The predicted molar refractivity (Wildman–Crippen MR) is 148 cm³/mol. The van der Waals surface area contributed by atoms with E-state index in [4.69, 9.17) is 23.7 Å². The van der Waals surface area contributed by atoms with Crippen LogP contribution in [0.25, 0.3) is 6.08 Å². The van der Waals surface area contributed by atoms with Gasteiger partial charge in [-0.1, -0.05) is 6.07 Å². The van der Waals surface area contributed by atoms with Gasteiger partial charge in [0.05, 0.1) is 25.3 Å². The number of hydrogen-bond acceptors (Lipinski definition) is 9. The fourth-order valence-electron chi connectivity index (χ4n) is 5.45. The van der Waals surface area contributed by atoms with Crippen LogP contribution < -0.4 is 23.7 Å². The molecule has 0 aliphatic carbocycles. The Morgan fingerprint density at radius 2 is 1.68 bits per heavy atom. The second-order valence-corrected chi connectivity index (χ2v) is 10.2. The van der Waals surface area contributed by atoms with Gasteiger partial charge in [-0.05, 0) is 60.5 Å². The number of aromatic hydroxyl groups is 1. The minimum Gasteiger partial charge on any atom is -0.507 e. The number of nitrogens with zero attached hydrogens (tertiary/aromatic N) is 2. The monoisotopic (exact) mass is 544 g/mol. The fourth-order valence-corrected chi connectivity index (χ4v) is 5.45. The lowest BCUT2D eigenvalue weighted by atomic mass is 9.99. The molecule has 0 bridgehead atoms. The minimum absolute atomic E-state index is 0.132. The van der Waals surface area contributed by atoms with Gasteiger partial charge >= 0.3 is 0 Å². The number of piperazine rings is 1. The molecular formula is C31H32N2O7. The molecule has 0 atom stereocenters. The number of hydrogen-bond donors (Lipinski definition) is 1. The second-order valence-electron chi connectivity index (χ2n) is 10.2. The van der Waals surface area contributed by atoms with E-state index in [1.54, 1.807) is 44.6 Å². The normalized spacial score (nSPS) is 17.7. The lowest BCUT2D eigenvalue weighted by molar-refractivity contribution is 0.101. The number of phenolic OH excluding ortho intramolecular Hbond substituents is 1. The van der Waals surface area contributed by atoms with Crippen LogP contribution in [-0.2, 0) is 13.1 Å². The second kappa shape index (κ2) is 10.7. The molecule has 3 aromatic carbocycles. The Balaban J connectivity index is 1.17. The van der Waals surface area contributed by atoms with Crippen LogP contribution in [-0.4, -0.2) is 67.9 Å². The number of rotatable bonds is 7. The highest BCUT2D eigenvalue weighted by molar-refractivity contribution is 6.16. The first-order valence-electron chi connectivity index (χ1n) is 13.3. The van der Waals surface area contributed by atoms with Crippen LogP contribution in [0.2, 0.25) is 0 Å². The highest BCUT2D eigenvalue weighted by Crippen LogP contribution is 2.43. The number of phenols is 1. The summed E-state index contributed by atoms with van der Waals surface area (Å²) in [4.78, 5) is 18.1. The topological polar surface area (TPSA) is 89.9 Å². The van der Waals surface area contributed by atoms with Gasteiger partial charge in [-0.3, -0.25) is 14.6 Å². The summed E-state index contributed by atoms with van der Waals surface area (Å²) in [6, 6.07) is 13.1. The number of allylic oxidation sites excluding steroid dienone is 1. The number of ether oxygens (including phenoxy) is 5. The van der Waals surface area contributed by atoms with Crippen LogP contribution in [0.5, 0.6) is 34.5 Å². The molecule has 1 fully saturated rings. The Morgan fingerprint density at radius 3 is 2.42 bits per heavy atom. The third-order valence-corrected chi connectivity index (χ3v) is 7.63. The Bertz CT molecular complexity index is 1490. The molecule has 0 aromatic heterocycles. The lowest BCUT2D eigenvalue weighted by Gasteiger charge is -2.35. The first-order valence-corrected chi connectivity index (χ1v) is 13.3. The van der Waals surface area contributed by atoms with Crippen molar-refractivity contribution in [2.45, 2.75) is 20.0 Å². The quantitative estimate of drug-likeness (QED) is 0.435. The highest BCUT2D eigenvalue weighted by atomic mass is 16.7. The Labute approximate surface area is 233 Å². The standard InChI is InChI=1S/C31H32N2O7/c1-19-12-24(34)23(17-33-10-8-32(9-11-33)16-20-4-6-26-27(13-20)39-18-38-26)31-29(19)30(35)28(40-31)15-21-14-22(36-2)5-7-25(21)37-3/h4-7,12-15,34H,8-11,16-18H2,1-3H3/b28-15-. The molecule has 0 amide bonds. The zero-order chi connectivity index (χ0) is 27.8. The largest absolute Gasteiger partial charge is 0.507 e. The van der Waals surface area contributed by atoms with E-state index in [1.165, 1.54) is 5.56 Å². The molecule has 0 unspecified atom stereocenters. The van der Waals surface area contributed by atoms with E-state index in [2.05, 4.69) is 15.9 Å². The van der Waals surface area contributed by atoms with Crippen molar-refractivity contribution in [3.8, 4) is 34.5 Å². The van der Waals surface area contributed by atoms with Crippen molar-refractivity contribution in [3.63, 3.8) is 0 Å². The summed E-state index contributed by atoms with van der Waals surface area (Å²) >= 11 is 0. The Kier molecular flexibility index (Phi) is 7.00. The van der Waals surface area contributed by atoms with Crippen LogP contribution in [0.1, 0.15) is 32.6 Å². The zero-order valence-electron chi connectivity index (χ0n) is 22.9. The van der Waals surface area contributed by atoms with Gasteiger partial charge in [-0.25, -0.2) is 0 Å². The summed E-state index contributed by atoms with van der Waals surface area (Å²) in [5.41, 5.74) is 3.64. The first-order chi connectivity index (χ1) is 19.4. The average Bonchev–Trinajstić information content (AvgIpc) is 3.56. The van der Waals surface area contributed by atoms with E-state index in [0.29, 0.717) is 46.0 Å². The number of Topliss-reactive ketones (excluding diaryl/α,β-unsaturated/α-hetero) is 1. The molecule has 208 valence electrons. The van der Waals surface area contributed by atoms with Crippen LogP contribution in [0.4, 0.5) is 0 Å². The van der Waals surface area contributed by atoms with Gasteiger partial charge in [0.15, 0.2) is 17.3 Å². The summed E-state index contributed by atoms with van der Waals surface area (Å²) in [6.45, 7) is 6.80. The third kappa shape index (κ3) is 4.94. The highest BCUT2D eigenvalue weighted by Gasteiger charge is 2.34. The molecule has 0 spiro atoms. The molecule has 1 N–H and O–H groups in total. The van der Waals surface area contributed by atoms with E-state index in [-0.39, 0.29) is 24.1 Å². The van der Waals surface area contributed by atoms with Crippen molar-refractivity contribution < 1.29 is 33.6 Å². The molecule has 6 rings (SSSR count). The third-order valence-electron chi connectivity index (χ3n) is 7.63. The molecule has 3 heterocycles. The summed E-state index contributed by atoms with van der Waals surface area (Å²) in [6.07, 6.45) is 1.67. The smallest absolute Gasteiger partial charge is 0.232 e. The molecular weight excluding hydrogens is 512 g/mol.